The molecule has 0 aliphatic carbocycles. The Labute approximate surface area is 170 Å². The van der Waals surface area contributed by atoms with Crippen molar-refractivity contribution >= 4 is 35.6 Å². The zero-order valence-corrected chi connectivity index (χ0v) is 17.2. The standard InChI is InChI=1S/C18H24ClN5O2.ClH/c1-11(2)26-16-5-4-13(10-15(16)19)21-18(25)17-12(3)24(23-22-17)14-6-8-20-9-7-14;/h4-5,10-11,14,20H,6-9H2,1-3H3,(H,21,25);1H. The monoisotopic (exact) mass is 413 g/mol. The van der Waals surface area contributed by atoms with E-state index in [9.17, 15) is 4.79 Å². The van der Waals surface area contributed by atoms with Crippen LogP contribution in [0.2, 0.25) is 5.02 Å². The molecule has 1 saturated heterocycles. The predicted octanol–water partition coefficient (Wildman–Crippen LogP) is 3.63. The highest BCUT2D eigenvalue weighted by atomic mass is 35.5. The van der Waals surface area contributed by atoms with Crippen molar-refractivity contribution in [2.75, 3.05) is 18.4 Å². The number of nitrogens with zero attached hydrogens (tertiary/aromatic N) is 3. The van der Waals surface area contributed by atoms with Crippen molar-refractivity contribution in [1.29, 1.82) is 0 Å². The maximum atomic E-state index is 12.6. The molecule has 9 heteroatoms. The first kappa shape index (κ1) is 21.5. The summed E-state index contributed by atoms with van der Waals surface area (Å²) in [5, 5.41) is 14.9. The molecule has 0 bridgehead atoms. The van der Waals surface area contributed by atoms with Gasteiger partial charge in [0.15, 0.2) is 5.69 Å². The van der Waals surface area contributed by atoms with Crippen LogP contribution >= 0.6 is 24.0 Å². The molecule has 148 valence electrons. The Bertz CT molecular complexity index is 788. The summed E-state index contributed by atoms with van der Waals surface area (Å²) in [7, 11) is 0. The molecule has 1 aromatic heterocycles. The van der Waals surface area contributed by atoms with E-state index < -0.39 is 0 Å². The summed E-state index contributed by atoms with van der Waals surface area (Å²) >= 11 is 6.23. The van der Waals surface area contributed by atoms with Gasteiger partial charge in [-0.05, 0) is 64.9 Å². The fourth-order valence-corrected chi connectivity index (χ4v) is 3.29. The highest BCUT2D eigenvalue weighted by molar-refractivity contribution is 6.32. The zero-order chi connectivity index (χ0) is 18.7. The second-order valence-electron chi connectivity index (χ2n) is 6.72. The van der Waals surface area contributed by atoms with Gasteiger partial charge in [-0.1, -0.05) is 16.8 Å². The molecule has 1 fully saturated rings. The summed E-state index contributed by atoms with van der Waals surface area (Å²) in [6.07, 6.45) is 2.00. The fraction of sp³-hybridized carbons (Fsp3) is 0.500. The van der Waals surface area contributed by atoms with Gasteiger partial charge in [-0.2, -0.15) is 0 Å². The van der Waals surface area contributed by atoms with Gasteiger partial charge in [-0.15, -0.1) is 17.5 Å². The van der Waals surface area contributed by atoms with Gasteiger partial charge < -0.3 is 15.4 Å². The lowest BCUT2D eigenvalue weighted by atomic mass is 10.1. The number of hydrogen-bond acceptors (Lipinski definition) is 5. The van der Waals surface area contributed by atoms with Crippen molar-refractivity contribution in [2.24, 2.45) is 0 Å². The van der Waals surface area contributed by atoms with Crippen LogP contribution < -0.4 is 15.4 Å². The van der Waals surface area contributed by atoms with Gasteiger partial charge in [0.25, 0.3) is 5.91 Å². The van der Waals surface area contributed by atoms with E-state index in [1.165, 1.54) is 0 Å². The van der Waals surface area contributed by atoms with Crippen LogP contribution in [0.5, 0.6) is 5.75 Å². The molecule has 0 saturated carbocycles. The molecule has 1 amide bonds. The van der Waals surface area contributed by atoms with E-state index in [1.54, 1.807) is 18.2 Å². The van der Waals surface area contributed by atoms with Gasteiger partial charge in [-0.25, -0.2) is 4.68 Å². The number of amides is 1. The van der Waals surface area contributed by atoms with Crippen LogP contribution in [0.15, 0.2) is 18.2 Å². The number of rotatable bonds is 5. The SMILES string of the molecule is Cc1c(C(=O)Nc2ccc(OC(C)C)c(Cl)c2)nnn1C1CCNCC1.Cl. The zero-order valence-electron chi connectivity index (χ0n) is 15.7. The van der Waals surface area contributed by atoms with Gasteiger partial charge in [0.05, 0.1) is 22.9 Å². The molecule has 0 atom stereocenters. The number of nitrogens with one attached hydrogen (secondary N) is 2. The summed E-state index contributed by atoms with van der Waals surface area (Å²) in [5.41, 5.74) is 1.70. The first-order chi connectivity index (χ1) is 12.5. The molecule has 27 heavy (non-hydrogen) atoms. The fourth-order valence-electron chi connectivity index (χ4n) is 3.07. The minimum atomic E-state index is -0.295. The van der Waals surface area contributed by atoms with E-state index in [2.05, 4.69) is 20.9 Å². The predicted molar refractivity (Wildman–Crippen MR) is 108 cm³/mol. The Morgan fingerprint density at radius 3 is 2.70 bits per heavy atom. The van der Waals surface area contributed by atoms with Crippen LogP contribution in [-0.4, -0.2) is 40.1 Å². The second kappa shape index (κ2) is 9.39. The average molecular weight is 414 g/mol. The van der Waals surface area contributed by atoms with Crippen LogP contribution in [0.25, 0.3) is 0 Å². The minimum Gasteiger partial charge on any atom is -0.489 e. The third-order valence-corrected chi connectivity index (χ3v) is 4.64. The van der Waals surface area contributed by atoms with Gasteiger partial charge in [0.1, 0.15) is 5.75 Å². The molecule has 2 aromatic rings. The van der Waals surface area contributed by atoms with Gasteiger partial charge in [0, 0.05) is 5.69 Å². The summed E-state index contributed by atoms with van der Waals surface area (Å²) in [5.74, 6) is 0.295. The van der Waals surface area contributed by atoms with Crippen LogP contribution in [0.1, 0.15) is 48.9 Å². The molecule has 7 nitrogen and oxygen atoms in total. The number of aromatic nitrogens is 3. The maximum absolute atomic E-state index is 12.6. The molecule has 0 radical (unpaired) electrons. The number of carbonyl (C=O) groups is 1. The Morgan fingerprint density at radius 2 is 2.07 bits per heavy atom. The second-order valence-corrected chi connectivity index (χ2v) is 7.12. The average Bonchev–Trinajstić information content (AvgIpc) is 2.99. The lowest BCUT2D eigenvalue weighted by Crippen LogP contribution is -2.30. The molecule has 1 aliphatic heterocycles. The molecule has 3 rings (SSSR count). The molecule has 0 unspecified atom stereocenters. The van der Waals surface area contributed by atoms with Crippen molar-refractivity contribution in [3.05, 3.63) is 34.6 Å². The third kappa shape index (κ3) is 5.12. The van der Waals surface area contributed by atoms with Crippen molar-refractivity contribution < 1.29 is 9.53 Å². The van der Waals surface area contributed by atoms with Crippen LogP contribution in [0.3, 0.4) is 0 Å². The molecular weight excluding hydrogens is 389 g/mol. The number of piperidine rings is 1. The van der Waals surface area contributed by atoms with E-state index >= 15 is 0 Å². The maximum Gasteiger partial charge on any atom is 0.278 e. The van der Waals surface area contributed by atoms with Crippen molar-refractivity contribution in [3.8, 4) is 5.75 Å². The van der Waals surface area contributed by atoms with Gasteiger partial charge in [0.2, 0.25) is 0 Å². The van der Waals surface area contributed by atoms with E-state index in [1.807, 2.05) is 25.5 Å². The van der Waals surface area contributed by atoms with Gasteiger partial charge in [-0.3, -0.25) is 4.79 Å². The lowest BCUT2D eigenvalue weighted by molar-refractivity contribution is 0.102. The van der Waals surface area contributed by atoms with Gasteiger partial charge >= 0.3 is 0 Å². The number of halogens is 2. The highest BCUT2D eigenvalue weighted by Gasteiger charge is 2.23. The summed E-state index contributed by atoms with van der Waals surface area (Å²) in [6, 6.07) is 5.46. The topological polar surface area (TPSA) is 81.1 Å². The van der Waals surface area contributed by atoms with Crippen LogP contribution in [0, 0.1) is 6.92 Å². The van der Waals surface area contributed by atoms with E-state index in [4.69, 9.17) is 16.3 Å². The van der Waals surface area contributed by atoms with E-state index in [-0.39, 0.29) is 30.5 Å². The van der Waals surface area contributed by atoms with Crippen LogP contribution in [-0.2, 0) is 0 Å². The number of ether oxygens (including phenoxy) is 1. The minimum absolute atomic E-state index is 0. The smallest absolute Gasteiger partial charge is 0.278 e. The molecule has 0 spiro atoms. The number of carbonyl (C=O) groups excluding carboxylic acids is 1. The normalized spacial score (nSPS) is 14.7. The molecular formula is C18H25Cl2N5O2. The molecule has 2 N–H and O–H groups in total. The molecule has 1 aromatic carbocycles. The molecule has 2 heterocycles. The van der Waals surface area contributed by atoms with Crippen LogP contribution in [0.4, 0.5) is 5.69 Å². The highest BCUT2D eigenvalue weighted by Crippen LogP contribution is 2.29. The summed E-state index contributed by atoms with van der Waals surface area (Å²) < 4.78 is 7.47. The number of anilines is 1. The first-order valence-corrected chi connectivity index (χ1v) is 9.23. The summed E-state index contributed by atoms with van der Waals surface area (Å²) in [4.78, 5) is 12.6. The Kier molecular flexibility index (Phi) is 7.47. The summed E-state index contributed by atoms with van der Waals surface area (Å²) in [6.45, 7) is 7.65. The Balaban J connectivity index is 0.00000261. The lowest BCUT2D eigenvalue weighted by Gasteiger charge is -2.23. The largest absolute Gasteiger partial charge is 0.489 e. The van der Waals surface area contributed by atoms with E-state index in [0.29, 0.717) is 22.2 Å². The quantitative estimate of drug-likeness (QED) is 0.781. The Hall–Kier alpha value is -1.83. The number of benzene rings is 1. The van der Waals surface area contributed by atoms with Crippen molar-refractivity contribution in [3.63, 3.8) is 0 Å². The first-order valence-electron chi connectivity index (χ1n) is 8.85. The van der Waals surface area contributed by atoms with Crippen molar-refractivity contribution in [1.82, 2.24) is 20.3 Å². The third-order valence-electron chi connectivity index (χ3n) is 4.35. The van der Waals surface area contributed by atoms with E-state index in [0.717, 1.165) is 31.6 Å². The van der Waals surface area contributed by atoms with Crippen molar-refractivity contribution in [2.45, 2.75) is 45.8 Å². The number of hydrogen-bond donors (Lipinski definition) is 2. The Morgan fingerprint density at radius 1 is 1.37 bits per heavy atom. The molecule has 1 aliphatic rings.